The number of ether oxygens (including phenoxy) is 1. The van der Waals surface area contributed by atoms with Crippen molar-refractivity contribution >= 4 is 23.2 Å². The number of rotatable bonds is 2. The van der Waals surface area contributed by atoms with Crippen molar-refractivity contribution in [2.75, 3.05) is 27.2 Å². The Bertz CT molecular complexity index is 690. The summed E-state index contributed by atoms with van der Waals surface area (Å²) in [7, 11) is 3.32. The first kappa shape index (κ1) is 22.8. The van der Waals surface area contributed by atoms with Crippen LogP contribution in [0.4, 0.5) is 4.39 Å². The van der Waals surface area contributed by atoms with Crippen LogP contribution in [-0.2, 0) is 9.53 Å². The molecule has 2 aromatic rings. The number of esters is 1. The minimum Gasteiger partial charge on any atom is -0.463 e. The monoisotopic (exact) mass is 353 g/mol. The molecule has 5 nitrogen and oxygen atoms in total. The Hall–Kier alpha value is -2.21. The van der Waals surface area contributed by atoms with E-state index in [1.807, 2.05) is 20.9 Å². The minimum absolute atomic E-state index is 0. The number of hydrogen-bond acceptors (Lipinski definition) is 5. The number of nitrogens with zero attached hydrogens (tertiary/aromatic N) is 1. The zero-order valence-electron chi connectivity index (χ0n) is 14.8. The van der Waals surface area contributed by atoms with Crippen LogP contribution in [0.15, 0.2) is 22.6 Å². The molecule has 6 heteroatoms. The van der Waals surface area contributed by atoms with Crippen LogP contribution in [-0.4, -0.2) is 44.4 Å². The summed E-state index contributed by atoms with van der Waals surface area (Å²) < 4.78 is 23.5. The van der Waals surface area contributed by atoms with E-state index in [1.54, 1.807) is 6.07 Å². The number of likely N-dealkylation sites (N-methyl/N-ethyl adjacent to an activating group) is 1. The first-order chi connectivity index (χ1) is 11.5. The molecule has 1 aliphatic heterocycles. The second-order valence-corrected chi connectivity index (χ2v) is 5.13. The van der Waals surface area contributed by atoms with Gasteiger partial charge in [0.2, 0.25) is 5.76 Å². The van der Waals surface area contributed by atoms with Crippen molar-refractivity contribution in [1.82, 2.24) is 4.90 Å². The van der Waals surface area contributed by atoms with Crippen molar-refractivity contribution in [2.45, 2.75) is 34.1 Å². The van der Waals surface area contributed by atoms with Gasteiger partial charge in [0, 0.05) is 36.0 Å². The fraction of sp³-hybridized carbons (Fsp3) is 0.474. The Morgan fingerprint density at radius 1 is 1.36 bits per heavy atom. The highest BCUT2D eigenvalue weighted by Crippen LogP contribution is 2.37. The maximum Gasteiger partial charge on any atom is 0.374 e. The molecule has 0 radical (unpaired) electrons. The lowest BCUT2D eigenvalue weighted by molar-refractivity contribution is -0.106. The topological polar surface area (TPSA) is 59.8 Å². The molecule has 0 amide bonds. The minimum atomic E-state index is -0.513. The van der Waals surface area contributed by atoms with Gasteiger partial charge in [-0.05, 0) is 26.1 Å². The molecule has 140 valence electrons. The lowest BCUT2D eigenvalue weighted by Crippen LogP contribution is -2.42. The summed E-state index contributed by atoms with van der Waals surface area (Å²) in [6.45, 7) is 7.16. The molecule has 25 heavy (non-hydrogen) atoms. The smallest absolute Gasteiger partial charge is 0.374 e. The van der Waals surface area contributed by atoms with Gasteiger partial charge in [0.05, 0.1) is 7.11 Å². The molecule has 2 heterocycles. The lowest BCUT2D eigenvalue weighted by atomic mass is 9.89. The number of fused-ring (bicyclic) bond motifs is 1. The predicted octanol–water partition coefficient (Wildman–Crippen LogP) is 4.26. The van der Waals surface area contributed by atoms with Crippen molar-refractivity contribution in [3.8, 4) is 0 Å². The van der Waals surface area contributed by atoms with E-state index in [0.29, 0.717) is 5.58 Å². The van der Waals surface area contributed by atoms with E-state index in [-0.39, 0.29) is 24.9 Å². The van der Waals surface area contributed by atoms with Gasteiger partial charge in [0.1, 0.15) is 17.7 Å². The second kappa shape index (κ2) is 10.6. The number of benzene rings is 1. The number of halogens is 1. The fourth-order valence-corrected chi connectivity index (χ4v) is 2.62. The summed E-state index contributed by atoms with van der Waals surface area (Å²) in [5.41, 5.74) is 1.23. The second-order valence-electron chi connectivity index (χ2n) is 5.13. The largest absolute Gasteiger partial charge is 0.463 e. The van der Waals surface area contributed by atoms with Gasteiger partial charge in [-0.2, -0.15) is 0 Å². The molecule has 1 saturated heterocycles. The van der Waals surface area contributed by atoms with E-state index in [9.17, 15) is 9.18 Å². The van der Waals surface area contributed by atoms with Gasteiger partial charge in [-0.3, -0.25) is 0 Å². The highest BCUT2D eigenvalue weighted by atomic mass is 19.1. The zero-order valence-corrected chi connectivity index (χ0v) is 14.8. The van der Waals surface area contributed by atoms with Gasteiger partial charge in [-0.25, -0.2) is 9.18 Å². The molecule has 0 spiro atoms. The SMILES string of the molecule is C.CC.CC=O.COC(=O)c1oc2cc(F)ccc2c1C1CN(C)C1. The first-order valence-electron chi connectivity index (χ1n) is 7.90. The molecule has 0 N–H and O–H groups in total. The predicted molar refractivity (Wildman–Crippen MR) is 97.6 cm³/mol. The third-order valence-electron chi connectivity index (χ3n) is 3.53. The van der Waals surface area contributed by atoms with E-state index < -0.39 is 5.97 Å². The Morgan fingerprint density at radius 3 is 2.40 bits per heavy atom. The zero-order chi connectivity index (χ0) is 18.3. The molecule has 0 unspecified atom stereocenters. The van der Waals surface area contributed by atoms with Crippen LogP contribution in [0.1, 0.15) is 50.2 Å². The summed E-state index contributed by atoms with van der Waals surface area (Å²) in [5, 5.41) is 0.792. The first-order valence-corrected chi connectivity index (χ1v) is 7.90. The maximum absolute atomic E-state index is 13.2. The summed E-state index contributed by atoms with van der Waals surface area (Å²) in [5.74, 6) is -0.469. The van der Waals surface area contributed by atoms with Gasteiger partial charge in [-0.1, -0.05) is 21.3 Å². The number of carbonyl (C=O) groups excluding carboxylic acids is 2. The highest BCUT2D eigenvalue weighted by Gasteiger charge is 2.33. The molecule has 0 aliphatic carbocycles. The molecule has 0 bridgehead atoms. The average Bonchev–Trinajstić information content (AvgIpc) is 2.91. The lowest BCUT2D eigenvalue weighted by Gasteiger charge is -2.36. The van der Waals surface area contributed by atoms with Gasteiger partial charge in [0.15, 0.2) is 0 Å². The quantitative estimate of drug-likeness (QED) is 0.596. The van der Waals surface area contributed by atoms with Crippen molar-refractivity contribution < 1.29 is 23.1 Å². The van der Waals surface area contributed by atoms with Gasteiger partial charge in [-0.15, -0.1) is 0 Å². The van der Waals surface area contributed by atoms with Crippen LogP contribution in [0.5, 0.6) is 0 Å². The van der Waals surface area contributed by atoms with E-state index in [4.69, 9.17) is 13.9 Å². The molecule has 1 aliphatic rings. The molecule has 0 saturated carbocycles. The standard InChI is InChI=1S/C14H14FNO3.C2H4O.C2H6.CH4/c1-16-6-8(7-16)12-10-4-3-9(15)5-11(10)19-13(12)14(17)18-2;1-2-3;1-2;/h3-5,8H,6-7H2,1-2H3;2H,1H3;1-2H3;1H4. The third kappa shape index (κ3) is 5.13. The molecule has 0 atom stereocenters. The fourth-order valence-electron chi connectivity index (χ4n) is 2.62. The van der Waals surface area contributed by atoms with Crippen molar-refractivity contribution in [3.05, 3.63) is 35.3 Å². The van der Waals surface area contributed by atoms with Crippen LogP contribution in [0, 0.1) is 5.82 Å². The Morgan fingerprint density at radius 2 is 1.92 bits per heavy atom. The van der Waals surface area contributed by atoms with Crippen molar-refractivity contribution in [2.24, 2.45) is 0 Å². The average molecular weight is 353 g/mol. The summed E-state index contributed by atoms with van der Waals surface area (Å²) in [6.07, 6.45) is 0.750. The molecule has 1 fully saturated rings. The molecule has 3 rings (SSSR count). The van der Waals surface area contributed by atoms with E-state index in [2.05, 4.69) is 4.90 Å². The molecular formula is C19H28FNO4. The normalized spacial score (nSPS) is 13.4. The number of hydrogen-bond donors (Lipinski definition) is 0. The van der Waals surface area contributed by atoms with Crippen LogP contribution >= 0.6 is 0 Å². The van der Waals surface area contributed by atoms with Crippen LogP contribution in [0.2, 0.25) is 0 Å². The van der Waals surface area contributed by atoms with Crippen LogP contribution in [0.25, 0.3) is 11.0 Å². The number of likely N-dealkylation sites (tertiary alicyclic amines) is 1. The summed E-state index contributed by atoms with van der Waals surface area (Å²) in [6, 6.07) is 4.34. The van der Waals surface area contributed by atoms with Crippen molar-refractivity contribution in [3.63, 3.8) is 0 Å². The highest BCUT2D eigenvalue weighted by molar-refractivity contribution is 5.96. The Labute approximate surface area is 148 Å². The number of carbonyl (C=O) groups is 2. The number of methoxy groups -OCH3 is 1. The number of aldehydes is 1. The summed E-state index contributed by atoms with van der Waals surface area (Å²) in [4.78, 5) is 22.7. The van der Waals surface area contributed by atoms with E-state index in [1.165, 1.54) is 26.2 Å². The Kier molecular flexibility index (Phi) is 9.67. The van der Waals surface area contributed by atoms with Crippen LogP contribution in [0.3, 0.4) is 0 Å². The van der Waals surface area contributed by atoms with Crippen LogP contribution < -0.4 is 0 Å². The van der Waals surface area contributed by atoms with E-state index in [0.717, 1.165) is 30.3 Å². The van der Waals surface area contributed by atoms with Gasteiger partial charge >= 0.3 is 5.97 Å². The van der Waals surface area contributed by atoms with Crippen molar-refractivity contribution in [1.29, 1.82) is 0 Å². The van der Waals surface area contributed by atoms with E-state index >= 15 is 0 Å². The maximum atomic E-state index is 13.2. The Balaban J connectivity index is 0.000000872. The molecule has 1 aromatic heterocycles. The number of furan rings is 1. The van der Waals surface area contributed by atoms with Gasteiger partial charge < -0.3 is 18.8 Å². The molecular weight excluding hydrogens is 325 g/mol. The third-order valence-corrected chi connectivity index (χ3v) is 3.53. The van der Waals surface area contributed by atoms with Gasteiger partial charge in [0.25, 0.3) is 0 Å². The summed E-state index contributed by atoms with van der Waals surface area (Å²) >= 11 is 0. The molecule has 1 aromatic carbocycles.